The second-order valence-electron chi connectivity index (χ2n) is 6.05. The van der Waals surface area contributed by atoms with E-state index in [0.717, 1.165) is 19.6 Å². The Hall–Kier alpha value is -1.30. The van der Waals surface area contributed by atoms with Gasteiger partial charge in [0.15, 0.2) is 0 Å². The number of piperazine rings is 1. The van der Waals surface area contributed by atoms with Crippen molar-refractivity contribution in [3.63, 3.8) is 0 Å². The summed E-state index contributed by atoms with van der Waals surface area (Å²) in [7, 11) is 0. The minimum Gasteiger partial charge on any atom is -0.481 e. The van der Waals surface area contributed by atoms with E-state index in [1.165, 1.54) is 0 Å². The van der Waals surface area contributed by atoms with Crippen molar-refractivity contribution in [2.45, 2.75) is 33.7 Å². The van der Waals surface area contributed by atoms with Crippen molar-refractivity contribution in [3.05, 3.63) is 0 Å². The van der Waals surface area contributed by atoms with Crippen LogP contribution in [0.3, 0.4) is 0 Å². The molecular formula is C14H27N3O3. The van der Waals surface area contributed by atoms with Crippen molar-refractivity contribution in [2.24, 2.45) is 11.8 Å². The fourth-order valence-electron chi connectivity index (χ4n) is 2.27. The summed E-state index contributed by atoms with van der Waals surface area (Å²) < 4.78 is 0. The largest absolute Gasteiger partial charge is 0.481 e. The monoisotopic (exact) mass is 285 g/mol. The lowest BCUT2D eigenvalue weighted by Crippen LogP contribution is -2.54. The Morgan fingerprint density at radius 3 is 2.10 bits per heavy atom. The Morgan fingerprint density at radius 1 is 1.10 bits per heavy atom. The van der Waals surface area contributed by atoms with Gasteiger partial charge in [-0.25, -0.2) is 4.79 Å². The molecule has 0 aromatic heterocycles. The van der Waals surface area contributed by atoms with E-state index in [4.69, 9.17) is 5.11 Å². The molecule has 0 radical (unpaired) electrons. The zero-order chi connectivity index (χ0) is 15.3. The maximum Gasteiger partial charge on any atom is 0.317 e. The average molecular weight is 285 g/mol. The first kappa shape index (κ1) is 16.8. The van der Waals surface area contributed by atoms with Crippen LogP contribution in [0.1, 0.15) is 27.7 Å². The highest BCUT2D eigenvalue weighted by molar-refractivity contribution is 5.76. The summed E-state index contributed by atoms with van der Waals surface area (Å²) >= 11 is 0. The van der Waals surface area contributed by atoms with E-state index in [9.17, 15) is 9.59 Å². The molecular weight excluding hydrogens is 258 g/mol. The van der Waals surface area contributed by atoms with Gasteiger partial charge >= 0.3 is 12.0 Å². The first-order valence-corrected chi connectivity index (χ1v) is 7.31. The number of carbonyl (C=O) groups excluding carboxylic acids is 1. The molecule has 116 valence electrons. The molecule has 6 nitrogen and oxygen atoms in total. The van der Waals surface area contributed by atoms with Crippen molar-refractivity contribution in [1.29, 1.82) is 0 Å². The smallest absolute Gasteiger partial charge is 0.317 e. The van der Waals surface area contributed by atoms with Gasteiger partial charge in [0.25, 0.3) is 0 Å². The molecule has 2 unspecified atom stereocenters. The van der Waals surface area contributed by atoms with Gasteiger partial charge in [0.2, 0.25) is 0 Å². The number of nitrogens with one attached hydrogen (secondary N) is 1. The van der Waals surface area contributed by atoms with E-state index in [0.29, 0.717) is 19.0 Å². The van der Waals surface area contributed by atoms with Crippen molar-refractivity contribution in [3.8, 4) is 0 Å². The third kappa shape index (κ3) is 5.00. The van der Waals surface area contributed by atoms with Gasteiger partial charge in [-0.05, 0) is 19.8 Å². The van der Waals surface area contributed by atoms with Gasteiger partial charge in [0.05, 0.1) is 5.92 Å². The van der Waals surface area contributed by atoms with Gasteiger partial charge in [0.1, 0.15) is 0 Å². The normalized spacial score (nSPS) is 19.8. The fraction of sp³-hybridized carbons (Fsp3) is 0.857. The Balaban J connectivity index is 2.37. The van der Waals surface area contributed by atoms with E-state index in [2.05, 4.69) is 24.1 Å². The number of carbonyl (C=O) groups is 2. The first-order valence-electron chi connectivity index (χ1n) is 7.31. The molecule has 2 amide bonds. The number of hydrogen-bond donors (Lipinski definition) is 2. The molecule has 1 aliphatic rings. The minimum atomic E-state index is -0.889. The molecule has 0 aromatic rings. The Bertz CT molecular complexity index is 339. The van der Waals surface area contributed by atoms with Gasteiger partial charge in [-0.2, -0.15) is 0 Å². The van der Waals surface area contributed by atoms with Crippen LogP contribution in [0.2, 0.25) is 0 Å². The van der Waals surface area contributed by atoms with Crippen LogP contribution in [-0.2, 0) is 4.79 Å². The van der Waals surface area contributed by atoms with Crippen molar-refractivity contribution < 1.29 is 14.7 Å². The maximum atomic E-state index is 12.1. The molecule has 0 aromatic carbocycles. The van der Waals surface area contributed by atoms with Crippen molar-refractivity contribution >= 4 is 12.0 Å². The number of urea groups is 1. The summed E-state index contributed by atoms with van der Waals surface area (Å²) in [6, 6.07) is -0.525. The second-order valence-corrected chi connectivity index (χ2v) is 6.05. The van der Waals surface area contributed by atoms with Crippen LogP contribution in [0.5, 0.6) is 0 Å². The van der Waals surface area contributed by atoms with E-state index >= 15 is 0 Å². The molecule has 2 atom stereocenters. The van der Waals surface area contributed by atoms with Crippen LogP contribution < -0.4 is 5.32 Å². The van der Waals surface area contributed by atoms with Crippen LogP contribution in [-0.4, -0.2) is 65.7 Å². The highest BCUT2D eigenvalue weighted by atomic mass is 16.4. The molecule has 0 saturated carbocycles. The quantitative estimate of drug-likeness (QED) is 0.793. The fourth-order valence-corrected chi connectivity index (χ4v) is 2.27. The van der Waals surface area contributed by atoms with Gasteiger partial charge in [-0.3, -0.25) is 9.69 Å². The van der Waals surface area contributed by atoms with Gasteiger partial charge in [0, 0.05) is 38.8 Å². The van der Waals surface area contributed by atoms with Crippen LogP contribution in [0, 0.1) is 11.8 Å². The molecule has 1 heterocycles. The highest BCUT2D eigenvalue weighted by Gasteiger charge is 2.25. The van der Waals surface area contributed by atoms with E-state index in [-0.39, 0.29) is 12.1 Å². The lowest BCUT2D eigenvalue weighted by molar-refractivity contribution is -0.141. The van der Waals surface area contributed by atoms with E-state index < -0.39 is 11.9 Å². The molecule has 1 rings (SSSR count). The first-order chi connectivity index (χ1) is 9.31. The number of carboxylic acid groups (broad SMARTS) is 1. The van der Waals surface area contributed by atoms with E-state index in [1.54, 1.807) is 18.7 Å². The third-order valence-electron chi connectivity index (χ3n) is 3.77. The van der Waals surface area contributed by atoms with Crippen molar-refractivity contribution in [2.75, 3.05) is 32.7 Å². The summed E-state index contributed by atoms with van der Waals surface area (Å²) in [6.07, 6.45) is 0. The Morgan fingerprint density at radius 2 is 1.65 bits per heavy atom. The van der Waals surface area contributed by atoms with E-state index in [1.807, 2.05) is 0 Å². The summed E-state index contributed by atoms with van der Waals surface area (Å²) in [5.74, 6) is -0.840. The lowest BCUT2D eigenvalue weighted by atomic mass is 10.0. The SMILES string of the molecule is CC(C)CN1CCN(C(=O)NC(C)C(C)C(=O)O)CC1. The highest BCUT2D eigenvalue weighted by Crippen LogP contribution is 2.07. The number of hydrogen-bond acceptors (Lipinski definition) is 3. The number of nitrogens with zero attached hydrogens (tertiary/aromatic N) is 2. The van der Waals surface area contributed by atoms with Crippen LogP contribution in [0.15, 0.2) is 0 Å². The number of carboxylic acids is 1. The molecule has 6 heteroatoms. The second kappa shape index (κ2) is 7.47. The Labute approximate surface area is 121 Å². The van der Waals surface area contributed by atoms with Crippen LogP contribution in [0.4, 0.5) is 4.79 Å². The van der Waals surface area contributed by atoms with Gasteiger partial charge < -0.3 is 15.3 Å². The van der Waals surface area contributed by atoms with Crippen LogP contribution >= 0.6 is 0 Å². The molecule has 1 saturated heterocycles. The minimum absolute atomic E-state index is 0.158. The number of amides is 2. The summed E-state index contributed by atoms with van der Waals surface area (Å²) in [5.41, 5.74) is 0. The maximum absolute atomic E-state index is 12.1. The van der Waals surface area contributed by atoms with Gasteiger partial charge in [-0.15, -0.1) is 0 Å². The summed E-state index contributed by atoms with van der Waals surface area (Å²) in [5, 5.41) is 11.7. The van der Waals surface area contributed by atoms with Crippen LogP contribution in [0.25, 0.3) is 0 Å². The molecule has 0 bridgehead atoms. The topological polar surface area (TPSA) is 72.9 Å². The predicted octanol–water partition coefficient (Wildman–Crippen LogP) is 1.08. The molecule has 0 spiro atoms. The molecule has 2 N–H and O–H groups in total. The molecule has 1 fully saturated rings. The average Bonchev–Trinajstić information content (AvgIpc) is 2.37. The predicted molar refractivity (Wildman–Crippen MR) is 77.6 cm³/mol. The summed E-state index contributed by atoms with van der Waals surface area (Å²) in [6.45, 7) is 11.9. The molecule has 20 heavy (non-hydrogen) atoms. The zero-order valence-electron chi connectivity index (χ0n) is 12.9. The lowest BCUT2D eigenvalue weighted by Gasteiger charge is -2.36. The van der Waals surface area contributed by atoms with Gasteiger partial charge in [-0.1, -0.05) is 13.8 Å². The number of rotatable bonds is 5. The Kier molecular flexibility index (Phi) is 6.26. The van der Waals surface area contributed by atoms with Crippen molar-refractivity contribution in [1.82, 2.24) is 15.1 Å². The molecule has 0 aliphatic carbocycles. The third-order valence-corrected chi connectivity index (χ3v) is 3.77. The summed E-state index contributed by atoms with van der Waals surface area (Å²) in [4.78, 5) is 27.1. The molecule has 1 aliphatic heterocycles. The standard InChI is InChI=1S/C14H27N3O3/c1-10(2)9-16-5-7-17(8-6-16)14(20)15-12(4)11(3)13(18)19/h10-12H,5-9H2,1-4H3,(H,15,20)(H,18,19). The zero-order valence-corrected chi connectivity index (χ0v) is 12.9. The number of aliphatic carboxylic acids is 1.